The molecule has 3 aromatic carbocycles. The van der Waals surface area contributed by atoms with Gasteiger partial charge >= 0.3 is 0 Å². The van der Waals surface area contributed by atoms with Crippen molar-refractivity contribution >= 4 is 0 Å². The predicted molar refractivity (Wildman–Crippen MR) is 124 cm³/mol. The summed E-state index contributed by atoms with van der Waals surface area (Å²) in [4.78, 5) is 2.20. The quantitative estimate of drug-likeness (QED) is 0.497. The molecule has 0 bridgehead atoms. The van der Waals surface area contributed by atoms with E-state index in [1.807, 2.05) is 18.2 Å². The number of nitrogens with zero attached hydrogens (tertiary/aromatic N) is 1. The van der Waals surface area contributed by atoms with Gasteiger partial charge in [0, 0.05) is 17.4 Å². The molecule has 1 N–H and O–H groups in total. The van der Waals surface area contributed by atoms with E-state index in [2.05, 4.69) is 67.5 Å². The Morgan fingerprint density at radius 2 is 1.71 bits per heavy atom. The lowest BCUT2D eigenvalue weighted by molar-refractivity contribution is 0.248. The number of rotatable bonds is 8. The van der Waals surface area contributed by atoms with Crippen molar-refractivity contribution in [2.24, 2.45) is 0 Å². The van der Waals surface area contributed by atoms with Gasteiger partial charge in [-0.25, -0.2) is 0 Å². The summed E-state index contributed by atoms with van der Waals surface area (Å²) in [5, 5.41) is 10.2. The Bertz CT molecular complexity index is 970. The first-order chi connectivity index (χ1) is 15.1. The van der Waals surface area contributed by atoms with Crippen molar-refractivity contribution in [1.82, 2.24) is 4.90 Å². The zero-order chi connectivity index (χ0) is 21.6. The van der Waals surface area contributed by atoms with Crippen LogP contribution in [-0.4, -0.2) is 43.9 Å². The third-order valence-corrected chi connectivity index (χ3v) is 5.88. The second kappa shape index (κ2) is 9.88. The number of unbranched alkanes of at least 4 members (excludes halogenated alkanes) is 1. The fourth-order valence-corrected chi connectivity index (χ4v) is 4.30. The molecular formula is C27H31NO3. The molecule has 31 heavy (non-hydrogen) atoms. The maximum Gasteiger partial charge on any atom is 0.123 e. The van der Waals surface area contributed by atoms with E-state index in [-0.39, 0.29) is 17.6 Å². The zero-order valence-corrected chi connectivity index (χ0v) is 18.3. The molecule has 0 saturated carbocycles. The van der Waals surface area contributed by atoms with E-state index in [9.17, 15) is 5.11 Å². The lowest BCUT2D eigenvalue weighted by atomic mass is 9.76. The summed E-state index contributed by atoms with van der Waals surface area (Å²) in [5.41, 5.74) is 3.46. The molecule has 2 atom stereocenters. The van der Waals surface area contributed by atoms with E-state index >= 15 is 0 Å². The van der Waals surface area contributed by atoms with Crippen LogP contribution in [0, 0.1) is 0 Å². The third-order valence-electron chi connectivity index (χ3n) is 5.88. The second-order valence-electron chi connectivity index (χ2n) is 8.46. The summed E-state index contributed by atoms with van der Waals surface area (Å²) in [5.74, 6) is 2.28. The summed E-state index contributed by atoms with van der Waals surface area (Å²) in [6.45, 7) is 2.42. The van der Waals surface area contributed by atoms with E-state index in [4.69, 9.17) is 9.47 Å². The van der Waals surface area contributed by atoms with Crippen LogP contribution in [0.2, 0.25) is 0 Å². The average Bonchev–Trinajstić information content (AvgIpc) is 2.79. The van der Waals surface area contributed by atoms with Crippen molar-refractivity contribution in [3.05, 3.63) is 89.5 Å². The molecule has 0 radical (unpaired) electrons. The van der Waals surface area contributed by atoms with Crippen LogP contribution in [0.4, 0.5) is 0 Å². The van der Waals surface area contributed by atoms with Gasteiger partial charge in [0.1, 0.15) is 17.2 Å². The molecule has 4 heteroatoms. The van der Waals surface area contributed by atoms with Gasteiger partial charge in [-0.05, 0) is 74.9 Å². The molecule has 1 heterocycles. The van der Waals surface area contributed by atoms with Crippen LogP contribution in [0.1, 0.15) is 41.4 Å². The fourth-order valence-electron chi connectivity index (χ4n) is 4.30. The average molecular weight is 418 g/mol. The summed E-state index contributed by atoms with van der Waals surface area (Å²) in [6.07, 6.45) is 2.18. The molecule has 4 nitrogen and oxygen atoms in total. The molecule has 0 spiro atoms. The van der Waals surface area contributed by atoms with Gasteiger partial charge in [0.25, 0.3) is 0 Å². The first-order valence-electron chi connectivity index (χ1n) is 11.0. The molecule has 0 fully saturated rings. The van der Waals surface area contributed by atoms with Crippen LogP contribution in [0.3, 0.4) is 0 Å². The van der Waals surface area contributed by atoms with Gasteiger partial charge in [0.05, 0.1) is 13.2 Å². The van der Waals surface area contributed by atoms with Crippen molar-refractivity contribution < 1.29 is 14.6 Å². The lowest BCUT2D eigenvalue weighted by Gasteiger charge is -2.34. The highest BCUT2D eigenvalue weighted by atomic mass is 16.5. The number of hydrogen-bond donors (Lipinski definition) is 1. The first kappa shape index (κ1) is 21.3. The zero-order valence-electron chi connectivity index (χ0n) is 18.3. The van der Waals surface area contributed by atoms with Gasteiger partial charge in [0.2, 0.25) is 0 Å². The molecule has 0 aliphatic carbocycles. The van der Waals surface area contributed by atoms with Crippen LogP contribution >= 0.6 is 0 Å². The minimum atomic E-state index is 0.104. The monoisotopic (exact) mass is 417 g/mol. The Balaban J connectivity index is 1.55. The number of hydrogen-bond acceptors (Lipinski definition) is 4. The van der Waals surface area contributed by atoms with Crippen LogP contribution in [0.5, 0.6) is 17.2 Å². The number of fused-ring (bicyclic) bond motifs is 1. The van der Waals surface area contributed by atoms with Gasteiger partial charge in [-0.1, -0.05) is 42.5 Å². The minimum Gasteiger partial charge on any atom is -0.508 e. The van der Waals surface area contributed by atoms with Crippen molar-refractivity contribution in [2.75, 3.05) is 33.9 Å². The summed E-state index contributed by atoms with van der Waals surface area (Å²) in [7, 11) is 4.19. The van der Waals surface area contributed by atoms with Crippen molar-refractivity contribution in [2.45, 2.75) is 24.7 Å². The Morgan fingerprint density at radius 1 is 0.935 bits per heavy atom. The molecule has 0 amide bonds. The molecule has 162 valence electrons. The molecule has 1 aliphatic heterocycles. The molecule has 3 aromatic rings. The Labute approximate surface area is 185 Å². The Hall–Kier alpha value is -2.98. The van der Waals surface area contributed by atoms with Gasteiger partial charge in [-0.15, -0.1) is 0 Å². The predicted octanol–water partition coefficient (Wildman–Crippen LogP) is 5.42. The number of ether oxygens (including phenoxy) is 2. The van der Waals surface area contributed by atoms with Gasteiger partial charge in [-0.2, -0.15) is 0 Å². The minimum absolute atomic E-state index is 0.104. The highest BCUT2D eigenvalue weighted by molar-refractivity contribution is 5.51. The molecule has 4 rings (SSSR count). The standard InChI is InChI=1S/C27H31NO3/c1-28(2)16-6-7-17-30-23-13-10-21(11-14-23)27-24-18-22(29)12-15-26(24)31-19-25(27)20-8-4-3-5-9-20/h3-5,8-15,18,25,27,29H,6-7,16-17,19H2,1-2H3. The normalized spacial score (nSPS) is 17.8. The number of phenols is 1. The largest absolute Gasteiger partial charge is 0.508 e. The lowest BCUT2D eigenvalue weighted by Crippen LogP contribution is -2.25. The number of aromatic hydroxyl groups is 1. The number of benzene rings is 3. The van der Waals surface area contributed by atoms with Crippen molar-refractivity contribution in [1.29, 1.82) is 0 Å². The van der Waals surface area contributed by atoms with Crippen molar-refractivity contribution in [3.63, 3.8) is 0 Å². The first-order valence-corrected chi connectivity index (χ1v) is 11.0. The summed E-state index contributed by atoms with van der Waals surface area (Å²) >= 11 is 0. The van der Waals surface area contributed by atoms with E-state index in [0.717, 1.165) is 43.1 Å². The molecular weight excluding hydrogens is 386 g/mol. The highest BCUT2D eigenvalue weighted by Crippen LogP contribution is 2.47. The SMILES string of the molecule is CN(C)CCCCOc1ccc(C2c3cc(O)ccc3OCC2c2ccccc2)cc1. The van der Waals surface area contributed by atoms with E-state index in [0.29, 0.717) is 6.61 Å². The van der Waals surface area contributed by atoms with E-state index in [1.165, 1.54) is 11.1 Å². The van der Waals surface area contributed by atoms with E-state index in [1.54, 1.807) is 6.07 Å². The third kappa shape index (κ3) is 5.20. The highest BCUT2D eigenvalue weighted by Gasteiger charge is 2.33. The van der Waals surface area contributed by atoms with Gasteiger partial charge < -0.3 is 19.5 Å². The Morgan fingerprint density at radius 3 is 2.45 bits per heavy atom. The van der Waals surface area contributed by atoms with Crippen LogP contribution in [0.25, 0.3) is 0 Å². The number of phenolic OH excluding ortho intramolecular Hbond substituents is 1. The van der Waals surface area contributed by atoms with E-state index < -0.39 is 0 Å². The van der Waals surface area contributed by atoms with Crippen molar-refractivity contribution in [3.8, 4) is 17.2 Å². The van der Waals surface area contributed by atoms with Crippen LogP contribution in [0.15, 0.2) is 72.8 Å². The fraction of sp³-hybridized carbons (Fsp3) is 0.333. The van der Waals surface area contributed by atoms with Gasteiger partial charge in [-0.3, -0.25) is 0 Å². The molecule has 2 unspecified atom stereocenters. The maximum atomic E-state index is 10.2. The summed E-state index contributed by atoms with van der Waals surface area (Å²) < 4.78 is 12.0. The summed E-state index contributed by atoms with van der Waals surface area (Å²) in [6, 6.07) is 24.3. The second-order valence-corrected chi connectivity index (χ2v) is 8.46. The Kier molecular flexibility index (Phi) is 6.78. The van der Waals surface area contributed by atoms with Crippen LogP contribution in [-0.2, 0) is 0 Å². The topological polar surface area (TPSA) is 41.9 Å². The molecule has 0 aromatic heterocycles. The molecule has 0 saturated heterocycles. The van der Waals surface area contributed by atoms with Gasteiger partial charge in [0.15, 0.2) is 0 Å². The van der Waals surface area contributed by atoms with Crippen LogP contribution < -0.4 is 9.47 Å². The molecule has 1 aliphatic rings. The smallest absolute Gasteiger partial charge is 0.123 e. The maximum absolute atomic E-state index is 10.2.